The Bertz CT molecular complexity index is 1920. The van der Waals surface area contributed by atoms with Crippen LogP contribution in [0.2, 0.25) is 0 Å². The van der Waals surface area contributed by atoms with Crippen LogP contribution in [0, 0.1) is 12.3 Å². The van der Waals surface area contributed by atoms with Crippen LogP contribution in [0.3, 0.4) is 0 Å². The van der Waals surface area contributed by atoms with Crippen molar-refractivity contribution < 1.29 is 97.3 Å². The number of carbonyl (C=O) groups excluding carboxylic acids is 4. The van der Waals surface area contributed by atoms with E-state index in [4.69, 9.17) is 67.3 Å². The Morgan fingerprint density at radius 3 is 1.37 bits per heavy atom. The summed E-state index contributed by atoms with van der Waals surface area (Å²) in [6, 6.07) is -4.78. The number of nitrogens with two attached hydrogens (primary N) is 4. The fraction of sp³-hybridized carbons (Fsp3) is 0.702. The van der Waals surface area contributed by atoms with Crippen LogP contribution in [0.1, 0.15) is 39.5 Å². The third-order valence-electron chi connectivity index (χ3n) is 11.3. The van der Waals surface area contributed by atoms with Crippen molar-refractivity contribution in [1.29, 1.82) is 0 Å². The number of aliphatic hydroxyl groups excluding tert-OH is 4. The first-order chi connectivity index (χ1) is 37.2. The van der Waals surface area contributed by atoms with E-state index < -0.39 is 146 Å². The highest BCUT2D eigenvalue weighted by Crippen LogP contribution is 2.28. The van der Waals surface area contributed by atoms with Gasteiger partial charge in [0.1, 0.15) is 44.2 Å². The minimum absolute atomic E-state index is 0.199. The molecule has 31 heteroatoms. The SMILES string of the molecule is C#CCOCCOCCOCCOCCN(CCCCNC(=O)CO[C@@H]([C@@H]1OC(C(=O)O)=C[C@H](N=C(N)N)[C@H]1NC(C)=O)[C@H](O)CO)CCCCNC(=O)CO[C@@H]([C@@H]1OC(C(=O)O)=C[C@H](N=C(N)N)[C@H]1NC(C)=O)[C@H](O)CO. The van der Waals surface area contributed by atoms with Gasteiger partial charge in [0.25, 0.3) is 0 Å². The summed E-state index contributed by atoms with van der Waals surface area (Å²) in [5.41, 5.74) is 22.2. The minimum atomic E-state index is -1.71. The molecule has 0 radical (unpaired) electrons. The van der Waals surface area contributed by atoms with E-state index in [-0.39, 0.29) is 19.7 Å². The predicted molar refractivity (Wildman–Crippen MR) is 274 cm³/mol. The Morgan fingerprint density at radius 1 is 0.641 bits per heavy atom. The maximum atomic E-state index is 13.0. The van der Waals surface area contributed by atoms with Gasteiger partial charge in [-0.15, -0.1) is 6.42 Å². The molecule has 0 saturated carbocycles. The van der Waals surface area contributed by atoms with Gasteiger partial charge < -0.3 is 118 Å². The van der Waals surface area contributed by atoms with E-state index in [1.165, 1.54) is 13.8 Å². The van der Waals surface area contributed by atoms with E-state index in [9.17, 15) is 59.4 Å². The number of guanidine groups is 2. The number of aliphatic imine (C=N–C) groups is 2. The molecule has 0 unspecified atom stereocenters. The van der Waals surface area contributed by atoms with Gasteiger partial charge in [-0.2, -0.15) is 0 Å². The Balaban J connectivity index is 2.00. The maximum Gasteiger partial charge on any atom is 0.370 e. The zero-order valence-corrected chi connectivity index (χ0v) is 43.9. The van der Waals surface area contributed by atoms with Crippen molar-refractivity contribution in [3.63, 3.8) is 0 Å². The summed E-state index contributed by atoms with van der Waals surface area (Å²) < 4.78 is 44.5. The molecule has 2 aliphatic heterocycles. The number of ether oxygens (including phenoxy) is 8. The summed E-state index contributed by atoms with van der Waals surface area (Å²) in [6.07, 6.45) is -0.0462. The third-order valence-corrected chi connectivity index (χ3v) is 11.3. The Hall–Kier alpha value is -6.44. The van der Waals surface area contributed by atoms with Gasteiger partial charge in [0.2, 0.25) is 35.1 Å². The molecule has 0 aromatic carbocycles. The molecule has 2 heterocycles. The summed E-state index contributed by atoms with van der Waals surface area (Å²) in [4.78, 5) is 84.2. The number of nitrogens with one attached hydrogen (secondary N) is 4. The highest BCUT2D eigenvalue weighted by molar-refractivity contribution is 5.86. The number of carbonyl (C=O) groups is 6. The molecule has 0 fully saturated rings. The predicted octanol–water partition coefficient (Wildman–Crippen LogP) is -6.71. The summed E-state index contributed by atoms with van der Waals surface area (Å²) in [7, 11) is 0. The van der Waals surface area contributed by atoms with Crippen molar-refractivity contribution in [3.8, 4) is 12.3 Å². The van der Waals surface area contributed by atoms with Crippen LogP contribution in [-0.2, 0) is 66.7 Å². The summed E-state index contributed by atoms with van der Waals surface area (Å²) >= 11 is 0. The van der Waals surface area contributed by atoms with Gasteiger partial charge >= 0.3 is 11.9 Å². The first kappa shape index (κ1) is 67.7. The topological polar surface area (TPSA) is 478 Å². The molecular weight excluding hydrogens is 1040 g/mol. The number of aliphatic hydroxyl groups is 4. The van der Waals surface area contributed by atoms with Crippen LogP contribution in [0.4, 0.5) is 0 Å². The number of unbranched alkanes of at least 4 members (excludes halogenated alkanes) is 2. The first-order valence-electron chi connectivity index (χ1n) is 25.0. The molecule has 4 amide bonds. The monoisotopic (exact) mass is 1120 g/mol. The minimum Gasteiger partial charge on any atom is -0.478 e. The maximum absolute atomic E-state index is 13.0. The van der Waals surface area contributed by atoms with Crippen molar-refractivity contribution in [2.75, 3.05) is 112 Å². The average molecular weight is 1120 g/mol. The molecule has 0 spiro atoms. The van der Waals surface area contributed by atoms with E-state index in [1.807, 2.05) is 0 Å². The Labute approximate surface area is 451 Å². The van der Waals surface area contributed by atoms with Crippen molar-refractivity contribution in [2.24, 2.45) is 32.9 Å². The van der Waals surface area contributed by atoms with Crippen LogP contribution in [-0.4, -0.2) is 256 Å². The van der Waals surface area contributed by atoms with Gasteiger partial charge in [0.15, 0.2) is 24.1 Å². The smallest absolute Gasteiger partial charge is 0.370 e. The van der Waals surface area contributed by atoms with E-state index in [2.05, 4.69) is 42.1 Å². The standard InChI is InChI=1S/C47H79N11O20/c1-4-14-71-16-18-73-20-21-74-19-17-72-15-13-58(11-7-5-9-52-36(65)26-75-40(32(63)24-59)42-38(54-28(2)61)30(56-46(48)49)22-34(77-42)44(67)68)12-8-6-10-53-37(66)27-76-41(33(64)25-60)43-39(55-29(3)62)31(57-47(50)51)23-35(78-43)45(69)70/h1,22-23,30-33,38-43,59-60,63-64H,5-21,24-27H2,2-3H3,(H,52,65)(H,53,66)(H,54,61)(H,55,62)(H,67,68)(H,69,70)(H4,48,49,56)(H4,50,51,57)/t30-,31-,32+,33+,38+,39+,40+,41+,42+,43+/m0/s1. The number of hydrogen-bond donors (Lipinski definition) is 14. The second kappa shape index (κ2) is 38.2. The molecule has 10 atom stereocenters. The van der Waals surface area contributed by atoms with Crippen LogP contribution in [0.25, 0.3) is 0 Å². The van der Waals surface area contributed by atoms with Crippen molar-refractivity contribution in [3.05, 3.63) is 23.7 Å². The number of carboxylic acids is 2. The van der Waals surface area contributed by atoms with Crippen LogP contribution < -0.4 is 44.2 Å². The number of nitrogens with zero attached hydrogens (tertiary/aromatic N) is 3. The second-order valence-corrected chi connectivity index (χ2v) is 17.5. The normalized spacial score (nSPS) is 20.4. The van der Waals surface area contributed by atoms with Gasteiger partial charge in [-0.1, -0.05) is 5.92 Å². The zero-order chi connectivity index (χ0) is 58.0. The molecule has 31 nitrogen and oxygen atoms in total. The summed E-state index contributed by atoms with van der Waals surface area (Å²) in [6.45, 7) is 3.96. The van der Waals surface area contributed by atoms with Gasteiger partial charge in [0, 0.05) is 33.5 Å². The van der Waals surface area contributed by atoms with Crippen molar-refractivity contribution in [1.82, 2.24) is 26.2 Å². The molecule has 2 aliphatic rings. The highest BCUT2D eigenvalue weighted by Gasteiger charge is 2.47. The van der Waals surface area contributed by atoms with Gasteiger partial charge in [-0.05, 0) is 50.9 Å². The van der Waals surface area contributed by atoms with Gasteiger partial charge in [-0.3, -0.25) is 19.2 Å². The Morgan fingerprint density at radius 2 is 1.03 bits per heavy atom. The number of terminal acetylenes is 1. The van der Waals surface area contributed by atoms with E-state index in [0.717, 1.165) is 12.2 Å². The fourth-order valence-electron chi connectivity index (χ4n) is 7.79. The molecule has 2 rings (SSSR count). The van der Waals surface area contributed by atoms with E-state index in [1.54, 1.807) is 0 Å². The molecule has 18 N–H and O–H groups in total. The molecular formula is C47H79N11O20. The molecule has 78 heavy (non-hydrogen) atoms. The zero-order valence-electron chi connectivity index (χ0n) is 43.9. The van der Waals surface area contributed by atoms with Crippen LogP contribution in [0.15, 0.2) is 33.7 Å². The number of amides is 4. The van der Waals surface area contributed by atoms with E-state index in [0.29, 0.717) is 91.6 Å². The lowest BCUT2D eigenvalue weighted by Gasteiger charge is -2.40. The molecule has 0 aliphatic carbocycles. The number of carboxylic acid groups (broad SMARTS) is 2. The van der Waals surface area contributed by atoms with Crippen LogP contribution in [0.5, 0.6) is 0 Å². The first-order valence-corrected chi connectivity index (χ1v) is 25.0. The second-order valence-electron chi connectivity index (χ2n) is 17.5. The molecule has 442 valence electrons. The number of aliphatic carboxylic acids is 2. The molecule has 0 aromatic rings. The quantitative estimate of drug-likeness (QED) is 0.0117. The largest absolute Gasteiger partial charge is 0.478 e. The lowest BCUT2D eigenvalue weighted by atomic mass is 9.92. The molecule has 0 aromatic heterocycles. The van der Waals surface area contributed by atoms with Crippen LogP contribution >= 0.6 is 0 Å². The van der Waals surface area contributed by atoms with E-state index >= 15 is 0 Å². The summed E-state index contributed by atoms with van der Waals surface area (Å²) in [5, 5.41) is 71.1. The van der Waals surface area contributed by atoms with Gasteiger partial charge in [0.05, 0.1) is 83.6 Å². The number of hydrogen-bond acceptors (Lipinski definition) is 21. The highest BCUT2D eigenvalue weighted by atomic mass is 16.6. The Kier molecular flexibility index (Phi) is 33.1. The lowest BCUT2D eigenvalue weighted by molar-refractivity contribution is -0.158. The lowest BCUT2D eigenvalue weighted by Crippen LogP contribution is -2.60. The van der Waals surface area contributed by atoms with Gasteiger partial charge in [-0.25, -0.2) is 19.6 Å². The third kappa shape index (κ3) is 26.7. The average Bonchev–Trinajstić information content (AvgIpc) is 3.43. The van der Waals surface area contributed by atoms with Crippen molar-refractivity contribution in [2.45, 2.75) is 100 Å². The number of rotatable bonds is 41. The molecule has 0 bridgehead atoms. The fourth-order valence-corrected chi connectivity index (χ4v) is 7.79. The molecule has 0 saturated heterocycles. The summed E-state index contributed by atoms with van der Waals surface area (Å²) in [5.74, 6) is -5.24. The van der Waals surface area contributed by atoms with Crippen molar-refractivity contribution >= 4 is 47.5 Å².